The van der Waals surface area contributed by atoms with Crippen LogP contribution in [-0.2, 0) is 4.79 Å². The second-order valence-electron chi connectivity index (χ2n) is 8.07. The highest BCUT2D eigenvalue weighted by molar-refractivity contribution is 5.94. The summed E-state index contributed by atoms with van der Waals surface area (Å²) in [7, 11) is 1.61. The van der Waals surface area contributed by atoms with E-state index in [0.717, 1.165) is 42.2 Å². The summed E-state index contributed by atoms with van der Waals surface area (Å²) >= 11 is 0. The van der Waals surface area contributed by atoms with Crippen LogP contribution >= 0.6 is 0 Å². The van der Waals surface area contributed by atoms with Gasteiger partial charge in [-0.1, -0.05) is 6.07 Å². The zero-order chi connectivity index (χ0) is 22.0. The summed E-state index contributed by atoms with van der Waals surface area (Å²) in [5, 5.41) is 16.3. The Bertz CT molecular complexity index is 1080. The standard InChI is InChI=1S/C23H28N6O2/c1-15-7-8-20(31-4)19(12-15)24-23(30)18-6-5-11-28(14-18)21-9-10-22(26-25-21)29-17(3)13-16(2)27-29/h7-10,12-13,18H,5-6,11,14H2,1-4H3,(H,24,30). The number of carbonyl (C=O) groups is 1. The van der Waals surface area contributed by atoms with Gasteiger partial charge in [0.05, 0.1) is 24.4 Å². The monoisotopic (exact) mass is 420 g/mol. The van der Waals surface area contributed by atoms with Gasteiger partial charge in [0.15, 0.2) is 11.6 Å². The van der Waals surface area contributed by atoms with E-state index in [1.165, 1.54) is 0 Å². The summed E-state index contributed by atoms with van der Waals surface area (Å²) in [6.45, 7) is 7.40. The SMILES string of the molecule is COc1ccc(C)cc1NC(=O)C1CCCN(c2ccc(-n3nc(C)cc3C)nn2)C1. The van der Waals surface area contributed by atoms with Crippen molar-refractivity contribution in [3.05, 3.63) is 53.3 Å². The van der Waals surface area contributed by atoms with E-state index in [-0.39, 0.29) is 11.8 Å². The van der Waals surface area contributed by atoms with Gasteiger partial charge in [0, 0.05) is 18.8 Å². The maximum absolute atomic E-state index is 13.0. The van der Waals surface area contributed by atoms with Crippen molar-refractivity contribution in [2.45, 2.75) is 33.6 Å². The number of hydrogen-bond acceptors (Lipinski definition) is 6. The molecule has 0 aliphatic carbocycles. The van der Waals surface area contributed by atoms with E-state index >= 15 is 0 Å². The number of methoxy groups -OCH3 is 1. The third-order valence-corrected chi connectivity index (χ3v) is 5.59. The number of ether oxygens (including phenoxy) is 1. The average molecular weight is 421 g/mol. The quantitative estimate of drug-likeness (QED) is 0.681. The molecular formula is C23H28N6O2. The topological polar surface area (TPSA) is 85.2 Å². The molecule has 3 aromatic rings. The molecule has 162 valence electrons. The zero-order valence-electron chi connectivity index (χ0n) is 18.4. The highest BCUT2D eigenvalue weighted by atomic mass is 16.5. The molecule has 4 rings (SSSR count). The Balaban J connectivity index is 1.45. The molecule has 1 saturated heterocycles. The van der Waals surface area contributed by atoms with Crippen molar-refractivity contribution in [3.63, 3.8) is 0 Å². The molecule has 2 aromatic heterocycles. The Morgan fingerprint density at radius 2 is 1.87 bits per heavy atom. The van der Waals surface area contributed by atoms with Crippen LogP contribution in [0, 0.1) is 26.7 Å². The van der Waals surface area contributed by atoms with Crippen molar-refractivity contribution in [2.24, 2.45) is 5.92 Å². The molecule has 0 saturated carbocycles. The number of nitrogens with one attached hydrogen (secondary N) is 1. The van der Waals surface area contributed by atoms with Crippen LogP contribution in [0.15, 0.2) is 36.4 Å². The van der Waals surface area contributed by atoms with Gasteiger partial charge in [0.2, 0.25) is 5.91 Å². The van der Waals surface area contributed by atoms with Gasteiger partial charge < -0.3 is 15.0 Å². The molecule has 0 spiro atoms. The van der Waals surface area contributed by atoms with Crippen LogP contribution in [0.3, 0.4) is 0 Å². The number of hydrogen-bond donors (Lipinski definition) is 1. The predicted octanol–water partition coefficient (Wildman–Crippen LogP) is 3.45. The molecule has 1 atom stereocenters. The Hall–Kier alpha value is -3.42. The number of carbonyl (C=O) groups excluding carboxylic acids is 1. The van der Waals surface area contributed by atoms with E-state index in [2.05, 4.69) is 25.5 Å². The molecule has 1 fully saturated rings. The fourth-order valence-electron chi connectivity index (χ4n) is 4.01. The normalized spacial score (nSPS) is 16.3. The van der Waals surface area contributed by atoms with Crippen molar-refractivity contribution >= 4 is 17.4 Å². The van der Waals surface area contributed by atoms with E-state index < -0.39 is 0 Å². The second-order valence-corrected chi connectivity index (χ2v) is 8.07. The molecule has 1 aliphatic rings. The van der Waals surface area contributed by atoms with Crippen LogP contribution in [0.2, 0.25) is 0 Å². The maximum Gasteiger partial charge on any atom is 0.229 e. The second kappa shape index (κ2) is 8.75. The lowest BCUT2D eigenvalue weighted by atomic mass is 9.97. The fraction of sp³-hybridized carbons (Fsp3) is 0.391. The lowest BCUT2D eigenvalue weighted by Gasteiger charge is -2.32. The molecule has 8 nitrogen and oxygen atoms in total. The molecule has 31 heavy (non-hydrogen) atoms. The van der Waals surface area contributed by atoms with Gasteiger partial charge in [-0.25, -0.2) is 4.68 Å². The van der Waals surface area contributed by atoms with Gasteiger partial charge in [0.1, 0.15) is 5.75 Å². The predicted molar refractivity (Wildman–Crippen MR) is 120 cm³/mol. The molecule has 0 bridgehead atoms. The number of aromatic nitrogens is 4. The third-order valence-electron chi connectivity index (χ3n) is 5.59. The van der Waals surface area contributed by atoms with Gasteiger partial charge in [-0.3, -0.25) is 4.79 Å². The van der Waals surface area contributed by atoms with Crippen LogP contribution < -0.4 is 15.0 Å². The minimum absolute atomic E-state index is 0.000760. The molecule has 1 aliphatic heterocycles. The first-order valence-corrected chi connectivity index (χ1v) is 10.5. The maximum atomic E-state index is 13.0. The minimum atomic E-state index is -0.128. The van der Waals surface area contributed by atoms with Crippen molar-refractivity contribution in [1.82, 2.24) is 20.0 Å². The molecule has 1 aromatic carbocycles. The van der Waals surface area contributed by atoms with Crippen LogP contribution in [0.1, 0.15) is 29.8 Å². The number of amides is 1. The smallest absolute Gasteiger partial charge is 0.229 e. The fourth-order valence-corrected chi connectivity index (χ4v) is 4.01. The number of aryl methyl sites for hydroxylation is 3. The van der Waals surface area contributed by atoms with Gasteiger partial charge in [0.25, 0.3) is 0 Å². The first-order chi connectivity index (χ1) is 14.9. The van der Waals surface area contributed by atoms with Crippen LogP contribution in [0.5, 0.6) is 5.75 Å². The average Bonchev–Trinajstić information content (AvgIpc) is 3.12. The van der Waals surface area contributed by atoms with Gasteiger partial charge in [-0.15, -0.1) is 10.2 Å². The Kier molecular flexibility index (Phi) is 5.88. The summed E-state index contributed by atoms with van der Waals surface area (Å²) in [6.07, 6.45) is 1.76. The number of rotatable bonds is 5. The highest BCUT2D eigenvalue weighted by Gasteiger charge is 2.27. The Morgan fingerprint density at radius 3 is 2.55 bits per heavy atom. The van der Waals surface area contributed by atoms with E-state index in [1.807, 2.05) is 57.2 Å². The third kappa shape index (κ3) is 4.52. The molecule has 1 amide bonds. The molecule has 1 unspecified atom stereocenters. The Morgan fingerprint density at radius 1 is 1.10 bits per heavy atom. The van der Waals surface area contributed by atoms with Crippen molar-refractivity contribution < 1.29 is 9.53 Å². The molecule has 8 heteroatoms. The molecule has 1 N–H and O–H groups in total. The lowest BCUT2D eigenvalue weighted by molar-refractivity contribution is -0.120. The summed E-state index contributed by atoms with van der Waals surface area (Å²) in [6, 6.07) is 11.6. The first-order valence-electron chi connectivity index (χ1n) is 10.5. The van der Waals surface area contributed by atoms with Crippen LogP contribution in [0.25, 0.3) is 5.82 Å². The summed E-state index contributed by atoms with van der Waals surface area (Å²) in [4.78, 5) is 15.1. The number of piperidine rings is 1. The molecular weight excluding hydrogens is 392 g/mol. The summed E-state index contributed by atoms with van der Waals surface area (Å²) in [5.74, 6) is 2.00. The van der Waals surface area contributed by atoms with E-state index in [4.69, 9.17) is 4.74 Å². The van der Waals surface area contributed by atoms with Gasteiger partial charge in [-0.2, -0.15) is 5.10 Å². The Labute approximate surface area is 182 Å². The van der Waals surface area contributed by atoms with Crippen molar-refractivity contribution in [1.29, 1.82) is 0 Å². The largest absolute Gasteiger partial charge is 0.495 e. The van der Waals surface area contributed by atoms with Crippen LogP contribution in [0.4, 0.5) is 11.5 Å². The van der Waals surface area contributed by atoms with E-state index in [1.54, 1.807) is 11.8 Å². The molecule has 3 heterocycles. The molecule has 0 radical (unpaired) electrons. The first kappa shape index (κ1) is 20.8. The minimum Gasteiger partial charge on any atom is -0.495 e. The number of nitrogens with zero attached hydrogens (tertiary/aromatic N) is 5. The lowest BCUT2D eigenvalue weighted by Crippen LogP contribution is -2.41. The van der Waals surface area contributed by atoms with Crippen molar-refractivity contribution in [3.8, 4) is 11.6 Å². The van der Waals surface area contributed by atoms with Gasteiger partial charge in [-0.05, 0) is 69.5 Å². The number of benzene rings is 1. The number of anilines is 2. The van der Waals surface area contributed by atoms with Crippen molar-refractivity contribution in [2.75, 3.05) is 30.4 Å². The highest BCUT2D eigenvalue weighted by Crippen LogP contribution is 2.28. The van der Waals surface area contributed by atoms with E-state index in [9.17, 15) is 4.79 Å². The zero-order valence-corrected chi connectivity index (χ0v) is 18.4. The summed E-state index contributed by atoms with van der Waals surface area (Å²) in [5.41, 5.74) is 3.73. The summed E-state index contributed by atoms with van der Waals surface area (Å²) < 4.78 is 7.17. The van der Waals surface area contributed by atoms with Crippen LogP contribution in [-0.4, -0.2) is 46.1 Å². The van der Waals surface area contributed by atoms with Gasteiger partial charge >= 0.3 is 0 Å². The van der Waals surface area contributed by atoms with E-state index in [0.29, 0.717) is 23.8 Å².